The maximum absolute atomic E-state index is 12.8. The molecule has 0 bridgehead atoms. The van der Waals surface area contributed by atoms with Crippen molar-refractivity contribution >= 4 is 27.5 Å². The molecule has 0 radical (unpaired) electrons. The quantitative estimate of drug-likeness (QED) is 0.802. The second kappa shape index (κ2) is 8.43. The zero-order valence-electron chi connectivity index (χ0n) is 15.6. The van der Waals surface area contributed by atoms with Gasteiger partial charge in [0.1, 0.15) is 0 Å². The van der Waals surface area contributed by atoms with Crippen LogP contribution < -0.4 is 10.0 Å². The monoisotopic (exact) mass is 401 g/mol. The van der Waals surface area contributed by atoms with Crippen LogP contribution >= 0.6 is 0 Å². The van der Waals surface area contributed by atoms with Crippen LogP contribution in [-0.2, 0) is 14.8 Å². The van der Waals surface area contributed by atoms with Gasteiger partial charge in [-0.05, 0) is 43.2 Å². The molecule has 0 spiro atoms. The van der Waals surface area contributed by atoms with Crippen LogP contribution in [0.2, 0.25) is 0 Å². The Morgan fingerprint density at radius 3 is 2.32 bits per heavy atom. The molecule has 7 nitrogen and oxygen atoms in total. The summed E-state index contributed by atoms with van der Waals surface area (Å²) in [5.74, 6) is -0.237. The second-order valence-corrected chi connectivity index (χ2v) is 8.36. The highest BCUT2D eigenvalue weighted by atomic mass is 32.2. The third kappa shape index (κ3) is 4.51. The number of likely N-dealkylation sites (tertiary alicyclic amines) is 1. The molecule has 8 heteroatoms. The predicted molar refractivity (Wildman–Crippen MR) is 106 cm³/mol. The molecule has 1 fully saturated rings. The van der Waals surface area contributed by atoms with Gasteiger partial charge in [0.25, 0.3) is 15.9 Å². The molecule has 1 aliphatic heterocycles. The van der Waals surface area contributed by atoms with E-state index in [4.69, 9.17) is 0 Å². The van der Waals surface area contributed by atoms with E-state index in [-0.39, 0.29) is 22.6 Å². The van der Waals surface area contributed by atoms with Gasteiger partial charge in [-0.15, -0.1) is 0 Å². The number of rotatable bonds is 5. The number of amides is 2. The zero-order chi connectivity index (χ0) is 20.1. The summed E-state index contributed by atoms with van der Waals surface area (Å²) >= 11 is 0. The van der Waals surface area contributed by atoms with Crippen LogP contribution in [-0.4, -0.2) is 45.3 Å². The second-order valence-electron chi connectivity index (χ2n) is 6.68. The summed E-state index contributed by atoms with van der Waals surface area (Å²) < 4.78 is 27.4. The maximum Gasteiger partial charge on any atom is 0.261 e. The van der Waals surface area contributed by atoms with Crippen LogP contribution in [0.25, 0.3) is 0 Å². The van der Waals surface area contributed by atoms with Crippen molar-refractivity contribution in [3.05, 3.63) is 60.2 Å². The standard InChI is InChI=1S/C20H23N3O4S/c1-21-19(24)15-10-12-23(13-11-15)20(25)16-6-5-7-17(14-16)22-28(26,27)18-8-3-2-4-9-18/h2-9,14-15,22H,10-13H2,1H3,(H,21,24). The normalized spacial score (nSPS) is 15.1. The van der Waals surface area contributed by atoms with Crippen molar-refractivity contribution < 1.29 is 18.0 Å². The van der Waals surface area contributed by atoms with Crippen molar-refractivity contribution in [1.82, 2.24) is 10.2 Å². The van der Waals surface area contributed by atoms with Gasteiger partial charge >= 0.3 is 0 Å². The van der Waals surface area contributed by atoms with Crippen LogP contribution in [0.15, 0.2) is 59.5 Å². The third-order valence-corrected chi connectivity index (χ3v) is 6.21. The van der Waals surface area contributed by atoms with Gasteiger partial charge in [0.2, 0.25) is 5.91 Å². The average molecular weight is 401 g/mol. The Hall–Kier alpha value is -2.87. The Morgan fingerprint density at radius 1 is 1.00 bits per heavy atom. The van der Waals surface area contributed by atoms with Gasteiger partial charge in [-0.3, -0.25) is 14.3 Å². The van der Waals surface area contributed by atoms with Gasteiger partial charge in [0.15, 0.2) is 0 Å². The molecule has 3 rings (SSSR count). The molecule has 1 aliphatic rings. The third-order valence-electron chi connectivity index (χ3n) is 4.81. The number of carbonyl (C=O) groups excluding carboxylic acids is 2. The lowest BCUT2D eigenvalue weighted by Crippen LogP contribution is -2.42. The average Bonchev–Trinajstić information content (AvgIpc) is 2.73. The predicted octanol–water partition coefficient (Wildman–Crippen LogP) is 2.09. The van der Waals surface area contributed by atoms with E-state index in [0.29, 0.717) is 37.2 Å². The number of carbonyl (C=O) groups is 2. The number of benzene rings is 2. The summed E-state index contributed by atoms with van der Waals surface area (Å²) in [6, 6.07) is 14.5. The Kier molecular flexibility index (Phi) is 5.99. The molecule has 2 amide bonds. The lowest BCUT2D eigenvalue weighted by molar-refractivity contribution is -0.125. The summed E-state index contributed by atoms with van der Waals surface area (Å²) in [6.45, 7) is 0.994. The molecule has 0 aliphatic carbocycles. The first kappa shape index (κ1) is 19.9. The van der Waals surface area contributed by atoms with E-state index in [9.17, 15) is 18.0 Å². The largest absolute Gasteiger partial charge is 0.359 e. The van der Waals surface area contributed by atoms with Gasteiger partial charge in [0, 0.05) is 37.3 Å². The van der Waals surface area contributed by atoms with Crippen LogP contribution in [0.4, 0.5) is 5.69 Å². The molecular formula is C20H23N3O4S. The van der Waals surface area contributed by atoms with Crippen molar-refractivity contribution in [2.24, 2.45) is 5.92 Å². The highest BCUT2D eigenvalue weighted by molar-refractivity contribution is 7.92. The van der Waals surface area contributed by atoms with Crippen molar-refractivity contribution in [2.75, 3.05) is 24.9 Å². The van der Waals surface area contributed by atoms with Gasteiger partial charge in [-0.2, -0.15) is 0 Å². The van der Waals surface area contributed by atoms with Gasteiger partial charge in [0.05, 0.1) is 4.90 Å². The smallest absolute Gasteiger partial charge is 0.261 e. The van der Waals surface area contributed by atoms with E-state index >= 15 is 0 Å². The number of piperidine rings is 1. The zero-order valence-corrected chi connectivity index (χ0v) is 16.4. The first-order valence-electron chi connectivity index (χ1n) is 9.09. The van der Waals surface area contributed by atoms with E-state index in [1.807, 2.05) is 0 Å². The Bertz CT molecular complexity index is 952. The minimum atomic E-state index is -3.72. The highest BCUT2D eigenvalue weighted by Crippen LogP contribution is 2.21. The molecule has 0 unspecified atom stereocenters. The summed E-state index contributed by atoms with van der Waals surface area (Å²) in [4.78, 5) is 26.4. The van der Waals surface area contributed by atoms with Crippen LogP contribution in [0.1, 0.15) is 23.2 Å². The summed E-state index contributed by atoms with van der Waals surface area (Å²) in [7, 11) is -2.11. The molecule has 2 aromatic carbocycles. The fourth-order valence-electron chi connectivity index (χ4n) is 3.26. The molecule has 2 aromatic rings. The number of hydrogen-bond acceptors (Lipinski definition) is 4. The molecule has 1 saturated heterocycles. The molecule has 28 heavy (non-hydrogen) atoms. The SMILES string of the molecule is CNC(=O)C1CCN(C(=O)c2cccc(NS(=O)(=O)c3ccccc3)c2)CC1. The molecule has 148 valence electrons. The van der Waals surface area contributed by atoms with Crippen molar-refractivity contribution in [3.63, 3.8) is 0 Å². The lowest BCUT2D eigenvalue weighted by Gasteiger charge is -2.31. The number of nitrogens with one attached hydrogen (secondary N) is 2. The molecular weight excluding hydrogens is 378 g/mol. The van der Waals surface area contributed by atoms with Crippen LogP contribution in [0, 0.1) is 5.92 Å². The topological polar surface area (TPSA) is 95.6 Å². The van der Waals surface area contributed by atoms with Gasteiger partial charge < -0.3 is 10.2 Å². The van der Waals surface area contributed by atoms with E-state index in [2.05, 4.69) is 10.0 Å². The molecule has 0 atom stereocenters. The Labute approximate surface area is 164 Å². The van der Waals surface area contributed by atoms with Crippen LogP contribution in [0.5, 0.6) is 0 Å². The fraction of sp³-hybridized carbons (Fsp3) is 0.300. The summed E-state index contributed by atoms with van der Waals surface area (Å²) in [5, 5.41) is 2.65. The van der Waals surface area contributed by atoms with Gasteiger partial charge in [-0.25, -0.2) is 8.42 Å². The van der Waals surface area contributed by atoms with E-state index in [0.717, 1.165) is 0 Å². The molecule has 1 heterocycles. The van der Waals surface area contributed by atoms with E-state index in [1.54, 1.807) is 48.3 Å². The maximum atomic E-state index is 12.8. The Morgan fingerprint density at radius 2 is 1.68 bits per heavy atom. The lowest BCUT2D eigenvalue weighted by atomic mass is 9.95. The minimum Gasteiger partial charge on any atom is -0.359 e. The summed E-state index contributed by atoms with van der Waals surface area (Å²) in [6.07, 6.45) is 1.23. The minimum absolute atomic E-state index is 0.00409. The molecule has 0 saturated carbocycles. The van der Waals surface area contributed by atoms with E-state index < -0.39 is 10.0 Å². The fourth-order valence-corrected chi connectivity index (χ4v) is 4.33. The number of hydrogen-bond donors (Lipinski definition) is 2. The van der Waals surface area contributed by atoms with Crippen molar-refractivity contribution in [3.8, 4) is 0 Å². The van der Waals surface area contributed by atoms with Gasteiger partial charge in [-0.1, -0.05) is 24.3 Å². The molecule has 0 aromatic heterocycles. The van der Waals surface area contributed by atoms with E-state index in [1.165, 1.54) is 18.2 Å². The number of anilines is 1. The van der Waals surface area contributed by atoms with Crippen molar-refractivity contribution in [1.29, 1.82) is 0 Å². The van der Waals surface area contributed by atoms with Crippen molar-refractivity contribution in [2.45, 2.75) is 17.7 Å². The highest BCUT2D eigenvalue weighted by Gasteiger charge is 2.27. The number of nitrogens with zero attached hydrogens (tertiary/aromatic N) is 1. The first-order valence-corrected chi connectivity index (χ1v) is 10.6. The summed E-state index contributed by atoms with van der Waals surface area (Å²) in [5.41, 5.74) is 0.738. The first-order chi connectivity index (χ1) is 13.4. The molecule has 2 N–H and O–H groups in total. The van der Waals surface area contributed by atoms with Crippen LogP contribution in [0.3, 0.4) is 0 Å². The number of sulfonamides is 1. The Balaban J connectivity index is 1.70.